The van der Waals surface area contributed by atoms with E-state index in [2.05, 4.69) is 15.6 Å². The van der Waals surface area contributed by atoms with Gasteiger partial charge >= 0.3 is 0 Å². The summed E-state index contributed by atoms with van der Waals surface area (Å²) in [5.41, 5.74) is 3.76. The molecule has 0 atom stereocenters. The summed E-state index contributed by atoms with van der Waals surface area (Å²) in [6.07, 6.45) is 2.38. The van der Waals surface area contributed by atoms with Crippen LogP contribution in [0.5, 0.6) is 0 Å². The molecule has 0 saturated carbocycles. The average Bonchev–Trinajstić information content (AvgIpc) is 2.67. The molecule has 2 N–H and O–H groups in total. The second kappa shape index (κ2) is 8.64. The van der Waals surface area contributed by atoms with Gasteiger partial charge in [0.2, 0.25) is 0 Å². The van der Waals surface area contributed by atoms with E-state index in [1.54, 1.807) is 42.6 Å². The zero-order valence-corrected chi connectivity index (χ0v) is 15.6. The minimum Gasteiger partial charge on any atom is -0.383 e. The van der Waals surface area contributed by atoms with Gasteiger partial charge in [-0.15, -0.1) is 0 Å². The predicted molar refractivity (Wildman–Crippen MR) is 107 cm³/mol. The number of hydrogen-bond donors (Lipinski definition) is 2. The molecule has 0 unspecified atom stereocenters. The smallest absolute Gasteiger partial charge is 0.274 e. The van der Waals surface area contributed by atoms with Gasteiger partial charge in [-0.3, -0.25) is 4.79 Å². The van der Waals surface area contributed by atoms with Crippen LogP contribution in [0.25, 0.3) is 0 Å². The Hall–Kier alpha value is -2.92. The van der Waals surface area contributed by atoms with E-state index < -0.39 is 0 Å². The Morgan fingerprint density at radius 2 is 1.89 bits per heavy atom. The molecule has 0 fully saturated rings. The highest BCUT2D eigenvalue weighted by Crippen LogP contribution is 2.20. The van der Waals surface area contributed by atoms with Gasteiger partial charge in [-0.25, -0.2) is 9.37 Å². The summed E-state index contributed by atoms with van der Waals surface area (Å²) >= 11 is 5.97. The fourth-order valence-electron chi connectivity index (χ4n) is 2.55. The number of carbonyl (C=O) groups is 1. The predicted octanol–water partition coefficient (Wildman–Crippen LogP) is 5.09. The molecule has 0 saturated heterocycles. The van der Waals surface area contributed by atoms with Crippen LogP contribution in [-0.2, 0) is 6.42 Å². The summed E-state index contributed by atoms with van der Waals surface area (Å²) in [7, 11) is 0. The number of anilines is 2. The standard InChI is InChI=1S/C21H19ClFN3O/c1-14-2-5-16(22)12-20(14)26-21(27)19-9-8-18(13-25-19)24-11-10-15-3-6-17(23)7-4-15/h2-9,12-13,24H,10-11H2,1H3,(H,26,27). The van der Waals surface area contributed by atoms with E-state index in [-0.39, 0.29) is 11.7 Å². The maximum absolute atomic E-state index is 12.9. The van der Waals surface area contributed by atoms with E-state index in [0.29, 0.717) is 22.9 Å². The molecule has 2 aromatic carbocycles. The second-order valence-corrected chi connectivity index (χ2v) is 6.59. The molecule has 3 aromatic rings. The minimum atomic E-state index is -0.293. The van der Waals surface area contributed by atoms with Gasteiger partial charge in [0.1, 0.15) is 11.5 Å². The van der Waals surface area contributed by atoms with Crippen molar-refractivity contribution in [2.75, 3.05) is 17.2 Å². The number of nitrogens with zero attached hydrogens (tertiary/aromatic N) is 1. The number of rotatable bonds is 6. The molecule has 3 rings (SSSR count). The van der Waals surface area contributed by atoms with Gasteiger partial charge in [-0.1, -0.05) is 29.8 Å². The summed E-state index contributed by atoms with van der Waals surface area (Å²) in [4.78, 5) is 16.6. The molecule has 138 valence electrons. The van der Waals surface area contributed by atoms with Crippen LogP contribution >= 0.6 is 11.6 Å². The van der Waals surface area contributed by atoms with Gasteiger partial charge in [0.05, 0.1) is 11.9 Å². The van der Waals surface area contributed by atoms with Crippen molar-refractivity contribution in [1.82, 2.24) is 4.98 Å². The number of hydrogen-bond acceptors (Lipinski definition) is 3. The van der Waals surface area contributed by atoms with Gasteiger partial charge < -0.3 is 10.6 Å². The molecule has 0 aliphatic heterocycles. The van der Waals surface area contributed by atoms with Crippen LogP contribution < -0.4 is 10.6 Å². The Morgan fingerprint density at radius 1 is 1.11 bits per heavy atom. The molecule has 27 heavy (non-hydrogen) atoms. The number of pyridine rings is 1. The molecular formula is C21H19ClFN3O. The molecule has 0 radical (unpaired) electrons. The van der Waals surface area contributed by atoms with Crippen LogP contribution in [0, 0.1) is 12.7 Å². The minimum absolute atomic E-state index is 0.238. The Morgan fingerprint density at radius 3 is 2.59 bits per heavy atom. The topological polar surface area (TPSA) is 54.0 Å². The van der Waals surface area contributed by atoms with Crippen LogP contribution in [0.15, 0.2) is 60.8 Å². The van der Waals surface area contributed by atoms with E-state index in [4.69, 9.17) is 11.6 Å². The van der Waals surface area contributed by atoms with Gasteiger partial charge in [-0.05, 0) is 60.9 Å². The quantitative estimate of drug-likeness (QED) is 0.623. The lowest BCUT2D eigenvalue weighted by Crippen LogP contribution is -2.14. The van der Waals surface area contributed by atoms with E-state index in [0.717, 1.165) is 23.2 Å². The van der Waals surface area contributed by atoms with Crippen LogP contribution in [0.2, 0.25) is 5.02 Å². The average molecular weight is 384 g/mol. The summed E-state index contributed by atoms with van der Waals surface area (Å²) in [5.74, 6) is -0.532. The van der Waals surface area contributed by atoms with Gasteiger partial charge in [0.15, 0.2) is 0 Å². The first kappa shape index (κ1) is 18.9. The number of nitrogens with one attached hydrogen (secondary N) is 2. The summed E-state index contributed by atoms with van der Waals surface area (Å²) in [6.45, 7) is 2.58. The summed E-state index contributed by atoms with van der Waals surface area (Å²) in [5, 5.41) is 6.61. The zero-order chi connectivity index (χ0) is 19.2. The molecular weight excluding hydrogens is 365 g/mol. The third kappa shape index (κ3) is 5.28. The largest absolute Gasteiger partial charge is 0.383 e. The number of amides is 1. The number of carbonyl (C=O) groups excluding carboxylic acids is 1. The van der Waals surface area contributed by atoms with Gasteiger partial charge in [0, 0.05) is 17.3 Å². The van der Waals surface area contributed by atoms with Crippen molar-refractivity contribution in [2.45, 2.75) is 13.3 Å². The molecule has 0 aliphatic rings. The molecule has 4 nitrogen and oxygen atoms in total. The fourth-order valence-corrected chi connectivity index (χ4v) is 2.72. The molecule has 1 heterocycles. The Bertz CT molecular complexity index is 927. The third-order valence-corrected chi connectivity index (χ3v) is 4.34. The fraction of sp³-hybridized carbons (Fsp3) is 0.143. The number of aromatic nitrogens is 1. The lowest BCUT2D eigenvalue weighted by molar-refractivity contribution is 0.102. The van der Waals surface area contributed by atoms with E-state index >= 15 is 0 Å². The summed E-state index contributed by atoms with van der Waals surface area (Å²) < 4.78 is 12.9. The highest BCUT2D eigenvalue weighted by molar-refractivity contribution is 6.31. The van der Waals surface area contributed by atoms with E-state index in [1.165, 1.54) is 12.1 Å². The molecule has 6 heteroatoms. The SMILES string of the molecule is Cc1ccc(Cl)cc1NC(=O)c1ccc(NCCc2ccc(F)cc2)cn1. The number of aryl methyl sites for hydroxylation is 1. The number of halogens is 2. The first-order chi connectivity index (χ1) is 13.0. The third-order valence-electron chi connectivity index (χ3n) is 4.10. The molecule has 1 amide bonds. The van der Waals surface area contributed by atoms with Crippen molar-refractivity contribution in [1.29, 1.82) is 0 Å². The van der Waals surface area contributed by atoms with Crippen molar-refractivity contribution >= 4 is 28.9 Å². The van der Waals surface area contributed by atoms with Crippen LogP contribution in [0.1, 0.15) is 21.6 Å². The monoisotopic (exact) mass is 383 g/mol. The molecule has 0 aliphatic carbocycles. The molecule has 1 aromatic heterocycles. The van der Waals surface area contributed by atoms with Crippen LogP contribution in [-0.4, -0.2) is 17.4 Å². The van der Waals surface area contributed by atoms with Gasteiger partial charge in [0.25, 0.3) is 5.91 Å². The van der Waals surface area contributed by atoms with E-state index in [9.17, 15) is 9.18 Å². The molecule has 0 bridgehead atoms. The Balaban J connectivity index is 1.55. The van der Waals surface area contributed by atoms with Crippen LogP contribution in [0.4, 0.5) is 15.8 Å². The maximum atomic E-state index is 12.9. The summed E-state index contributed by atoms with van der Waals surface area (Å²) in [6, 6.07) is 15.2. The number of benzene rings is 2. The second-order valence-electron chi connectivity index (χ2n) is 6.15. The first-order valence-electron chi connectivity index (χ1n) is 8.53. The van der Waals surface area contributed by atoms with Crippen molar-refractivity contribution < 1.29 is 9.18 Å². The molecule has 0 spiro atoms. The van der Waals surface area contributed by atoms with Crippen molar-refractivity contribution in [3.05, 3.63) is 88.5 Å². The van der Waals surface area contributed by atoms with Gasteiger partial charge in [-0.2, -0.15) is 0 Å². The van der Waals surface area contributed by atoms with Crippen molar-refractivity contribution in [2.24, 2.45) is 0 Å². The van der Waals surface area contributed by atoms with Crippen LogP contribution in [0.3, 0.4) is 0 Å². The Kier molecular flexibility index (Phi) is 6.04. The highest BCUT2D eigenvalue weighted by Gasteiger charge is 2.09. The lowest BCUT2D eigenvalue weighted by atomic mass is 10.1. The zero-order valence-electron chi connectivity index (χ0n) is 14.8. The first-order valence-corrected chi connectivity index (χ1v) is 8.91. The highest BCUT2D eigenvalue weighted by atomic mass is 35.5. The van der Waals surface area contributed by atoms with Crippen molar-refractivity contribution in [3.8, 4) is 0 Å². The van der Waals surface area contributed by atoms with Crippen molar-refractivity contribution in [3.63, 3.8) is 0 Å². The lowest BCUT2D eigenvalue weighted by Gasteiger charge is -2.10. The van der Waals surface area contributed by atoms with E-state index in [1.807, 2.05) is 13.0 Å². The Labute approximate surface area is 162 Å². The normalized spacial score (nSPS) is 10.5. The maximum Gasteiger partial charge on any atom is 0.274 e.